The monoisotopic (exact) mass is 231 g/mol. The molecule has 2 aromatic heterocycles. The van der Waals surface area contributed by atoms with Crippen molar-refractivity contribution in [2.75, 3.05) is 12.3 Å². The van der Waals surface area contributed by atoms with E-state index in [-0.39, 0.29) is 0 Å². The molecule has 0 saturated heterocycles. The number of rotatable bonds is 4. The summed E-state index contributed by atoms with van der Waals surface area (Å²) in [6.07, 6.45) is 5.53. The third-order valence-corrected chi connectivity index (χ3v) is 2.68. The van der Waals surface area contributed by atoms with Crippen molar-refractivity contribution in [3.8, 4) is 11.7 Å². The molecule has 0 unspecified atom stereocenters. The molecule has 0 spiro atoms. The Bertz CT molecular complexity index is 507. The first-order chi connectivity index (χ1) is 8.33. The van der Waals surface area contributed by atoms with E-state index in [1.807, 2.05) is 0 Å². The number of nitrogens with two attached hydrogens (primary N) is 1. The Labute approximate surface area is 98.4 Å². The minimum Gasteiger partial charge on any atom is -0.476 e. The van der Waals surface area contributed by atoms with Crippen molar-refractivity contribution in [2.45, 2.75) is 12.8 Å². The zero-order valence-corrected chi connectivity index (χ0v) is 9.28. The molecule has 0 atom stereocenters. The average molecular weight is 231 g/mol. The Hall–Kier alpha value is -2.11. The molecule has 6 heteroatoms. The minimum atomic E-state index is 0.477. The second kappa shape index (κ2) is 4.04. The van der Waals surface area contributed by atoms with Gasteiger partial charge in [0.25, 0.3) is 0 Å². The van der Waals surface area contributed by atoms with Gasteiger partial charge in [0.2, 0.25) is 5.88 Å². The molecule has 0 bridgehead atoms. The molecule has 1 aliphatic carbocycles. The predicted octanol–water partition coefficient (Wildman–Crippen LogP) is 1.03. The van der Waals surface area contributed by atoms with Crippen LogP contribution in [0.25, 0.3) is 5.82 Å². The van der Waals surface area contributed by atoms with Crippen molar-refractivity contribution in [3.05, 3.63) is 24.8 Å². The fourth-order valence-electron chi connectivity index (χ4n) is 1.49. The lowest BCUT2D eigenvalue weighted by Crippen LogP contribution is -2.06. The number of hydrogen-bond donors (Lipinski definition) is 1. The van der Waals surface area contributed by atoms with Crippen LogP contribution in [-0.2, 0) is 0 Å². The molecule has 0 radical (unpaired) electrons. The fourth-order valence-corrected chi connectivity index (χ4v) is 1.49. The SMILES string of the molecule is Nc1ccc(-n2cncn2)nc1OCC1CC1. The molecule has 88 valence electrons. The summed E-state index contributed by atoms with van der Waals surface area (Å²) < 4.78 is 7.17. The molecular weight excluding hydrogens is 218 g/mol. The van der Waals surface area contributed by atoms with Crippen LogP contribution in [0.1, 0.15) is 12.8 Å². The van der Waals surface area contributed by atoms with Gasteiger partial charge in [0, 0.05) is 0 Å². The summed E-state index contributed by atoms with van der Waals surface area (Å²) in [4.78, 5) is 8.20. The second-order valence-electron chi connectivity index (χ2n) is 4.16. The lowest BCUT2D eigenvalue weighted by molar-refractivity contribution is 0.290. The molecule has 0 aromatic carbocycles. The quantitative estimate of drug-likeness (QED) is 0.850. The standard InChI is InChI=1S/C11H13N5O/c12-9-3-4-10(16-7-13-6-14-16)15-11(9)17-5-8-1-2-8/h3-4,6-8H,1-2,5,12H2. The van der Waals surface area contributed by atoms with Gasteiger partial charge in [-0.15, -0.1) is 0 Å². The molecule has 1 aliphatic rings. The van der Waals surface area contributed by atoms with Gasteiger partial charge >= 0.3 is 0 Å². The second-order valence-corrected chi connectivity index (χ2v) is 4.16. The van der Waals surface area contributed by atoms with E-state index < -0.39 is 0 Å². The molecule has 17 heavy (non-hydrogen) atoms. The first-order valence-electron chi connectivity index (χ1n) is 5.57. The van der Waals surface area contributed by atoms with Crippen molar-refractivity contribution in [1.29, 1.82) is 0 Å². The summed E-state index contributed by atoms with van der Waals surface area (Å²) in [7, 11) is 0. The van der Waals surface area contributed by atoms with Crippen molar-refractivity contribution in [2.24, 2.45) is 5.92 Å². The van der Waals surface area contributed by atoms with E-state index in [0.717, 1.165) is 0 Å². The van der Waals surface area contributed by atoms with Crippen molar-refractivity contribution >= 4 is 5.69 Å². The average Bonchev–Trinajstić information content (AvgIpc) is 3.00. The number of pyridine rings is 1. The summed E-state index contributed by atoms with van der Waals surface area (Å²) in [5.74, 6) is 1.80. The van der Waals surface area contributed by atoms with Crippen LogP contribution in [0.5, 0.6) is 5.88 Å². The molecule has 1 saturated carbocycles. The molecule has 2 aromatic rings. The fraction of sp³-hybridized carbons (Fsp3) is 0.364. The van der Waals surface area contributed by atoms with Crippen molar-refractivity contribution in [3.63, 3.8) is 0 Å². The van der Waals surface area contributed by atoms with Crippen LogP contribution in [-0.4, -0.2) is 26.4 Å². The van der Waals surface area contributed by atoms with Gasteiger partial charge in [-0.1, -0.05) is 0 Å². The number of hydrogen-bond acceptors (Lipinski definition) is 5. The largest absolute Gasteiger partial charge is 0.476 e. The van der Waals surface area contributed by atoms with Gasteiger partial charge in [-0.3, -0.25) is 0 Å². The summed E-state index contributed by atoms with van der Waals surface area (Å²) in [6, 6.07) is 3.56. The highest BCUT2D eigenvalue weighted by atomic mass is 16.5. The summed E-state index contributed by atoms with van der Waals surface area (Å²) >= 11 is 0. The van der Waals surface area contributed by atoms with Gasteiger partial charge in [-0.05, 0) is 30.9 Å². The van der Waals surface area contributed by atoms with Crippen LogP contribution < -0.4 is 10.5 Å². The Morgan fingerprint density at radius 3 is 3.00 bits per heavy atom. The van der Waals surface area contributed by atoms with E-state index >= 15 is 0 Å². The molecule has 2 heterocycles. The molecule has 0 amide bonds. The molecule has 2 N–H and O–H groups in total. The third kappa shape index (κ3) is 2.20. The van der Waals surface area contributed by atoms with Crippen LogP contribution in [0.15, 0.2) is 24.8 Å². The Morgan fingerprint density at radius 2 is 2.29 bits per heavy atom. The maximum absolute atomic E-state index is 5.82. The van der Waals surface area contributed by atoms with Crippen LogP contribution >= 0.6 is 0 Å². The highest BCUT2D eigenvalue weighted by molar-refractivity contribution is 5.50. The first kappa shape index (κ1) is 10.1. The van der Waals surface area contributed by atoms with Crippen LogP contribution in [0.4, 0.5) is 5.69 Å². The van der Waals surface area contributed by atoms with E-state index in [9.17, 15) is 0 Å². The van der Waals surface area contributed by atoms with Crippen LogP contribution in [0.2, 0.25) is 0 Å². The van der Waals surface area contributed by atoms with Crippen molar-refractivity contribution < 1.29 is 4.74 Å². The Morgan fingerprint density at radius 1 is 1.41 bits per heavy atom. The Kier molecular flexibility index (Phi) is 2.40. The van der Waals surface area contributed by atoms with Gasteiger partial charge in [-0.2, -0.15) is 10.1 Å². The van der Waals surface area contributed by atoms with Crippen LogP contribution in [0.3, 0.4) is 0 Å². The first-order valence-corrected chi connectivity index (χ1v) is 5.57. The number of nitrogen functional groups attached to an aromatic ring is 1. The molecule has 6 nitrogen and oxygen atoms in total. The maximum Gasteiger partial charge on any atom is 0.239 e. The smallest absolute Gasteiger partial charge is 0.239 e. The lowest BCUT2D eigenvalue weighted by Gasteiger charge is -2.08. The predicted molar refractivity (Wildman–Crippen MR) is 61.8 cm³/mol. The number of aromatic nitrogens is 4. The number of nitrogens with zero attached hydrogens (tertiary/aromatic N) is 4. The van der Waals surface area contributed by atoms with Gasteiger partial charge in [0.05, 0.1) is 12.3 Å². The highest BCUT2D eigenvalue weighted by Gasteiger charge is 2.22. The third-order valence-electron chi connectivity index (χ3n) is 2.68. The van der Waals surface area contributed by atoms with E-state index in [1.165, 1.54) is 19.2 Å². The zero-order chi connectivity index (χ0) is 11.7. The normalized spacial score (nSPS) is 14.8. The minimum absolute atomic E-state index is 0.477. The van der Waals surface area contributed by atoms with E-state index in [4.69, 9.17) is 10.5 Å². The van der Waals surface area contributed by atoms with E-state index in [0.29, 0.717) is 29.9 Å². The number of anilines is 1. The molecule has 3 rings (SSSR count). The molecular formula is C11H13N5O. The Balaban J connectivity index is 1.83. The van der Waals surface area contributed by atoms with E-state index in [1.54, 1.807) is 23.1 Å². The summed E-state index contributed by atoms with van der Waals surface area (Å²) in [5, 5.41) is 4.01. The van der Waals surface area contributed by atoms with Gasteiger partial charge in [0.15, 0.2) is 5.82 Å². The zero-order valence-electron chi connectivity index (χ0n) is 9.28. The maximum atomic E-state index is 5.82. The van der Waals surface area contributed by atoms with Crippen molar-refractivity contribution in [1.82, 2.24) is 19.7 Å². The summed E-state index contributed by atoms with van der Waals surface area (Å²) in [5.41, 5.74) is 6.37. The van der Waals surface area contributed by atoms with E-state index in [2.05, 4.69) is 15.1 Å². The van der Waals surface area contributed by atoms with Gasteiger partial charge in [0.1, 0.15) is 12.7 Å². The van der Waals surface area contributed by atoms with Crippen LogP contribution in [0, 0.1) is 5.92 Å². The van der Waals surface area contributed by atoms with Gasteiger partial charge < -0.3 is 10.5 Å². The lowest BCUT2D eigenvalue weighted by atomic mass is 10.4. The molecule has 0 aliphatic heterocycles. The number of ether oxygens (including phenoxy) is 1. The topological polar surface area (TPSA) is 78.9 Å². The highest BCUT2D eigenvalue weighted by Crippen LogP contribution is 2.30. The van der Waals surface area contributed by atoms with Gasteiger partial charge in [-0.25, -0.2) is 9.67 Å². The molecule has 1 fully saturated rings. The summed E-state index contributed by atoms with van der Waals surface area (Å²) in [6.45, 7) is 0.692.